The summed E-state index contributed by atoms with van der Waals surface area (Å²) in [5.74, 6) is -0.448. The Balaban J connectivity index is 1.73. The smallest absolute Gasteiger partial charge is 0.311 e. The highest BCUT2D eigenvalue weighted by molar-refractivity contribution is 7.11. The Morgan fingerprint density at radius 2 is 2.09 bits per heavy atom. The van der Waals surface area contributed by atoms with Crippen molar-refractivity contribution in [1.29, 1.82) is 0 Å². The fraction of sp³-hybridized carbons (Fsp3) is 0. The van der Waals surface area contributed by atoms with Crippen molar-refractivity contribution in [3.8, 4) is 0 Å². The van der Waals surface area contributed by atoms with E-state index in [2.05, 4.69) is 10.1 Å². The Morgan fingerprint density at radius 3 is 2.95 bits per heavy atom. The van der Waals surface area contributed by atoms with Gasteiger partial charge in [-0.2, -0.15) is 0 Å². The zero-order chi connectivity index (χ0) is 14.9. The molecule has 5 heteroatoms. The fourth-order valence-corrected chi connectivity index (χ4v) is 3.01. The number of carbonyl (C=O) groups excluding carboxylic acids is 1. The van der Waals surface area contributed by atoms with Crippen molar-refractivity contribution in [2.75, 3.05) is 0 Å². The Morgan fingerprint density at radius 1 is 1.18 bits per heavy atom. The minimum absolute atomic E-state index is 0.448. The lowest BCUT2D eigenvalue weighted by Crippen LogP contribution is -2.24. The van der Waals surface area contributed by atoms with E-state index in [0.717, 1.165) is 21.8 Å². The van der Waals surface area contributed by atoms with E-state index in [1.54, 1.807) is 12.1 Å². The second-order valence-corrected chi connectivity index (χ2v) is 5.70. The molecule has 0 unspecified atom stereocenters. The van der Waals surface area contributed by atoms with Crippen molar-refractivity contribution >= 4 is 28.6 Å². The van der Waals surface area contributed by atoms with Gasteiger partial charge in [0.2, 0.25) is 0 Å². The first kappa shape index (κ1) is 12.9. The van der Waals surface area contributed by atoms with E-state index >= 15 is 0 Å². The number of thiophene rings is 1. The molecule has 4 rings (SSSR count). The van der Waals surface area contributed by atoms with Crippen molar-refractivity contribution < 1.29 is 9.63 Å². The summed E-state index contributed by atoms with van der Waals surface area (Å²) >= 11 is 1.33. The number of hydrogen-bond donors (Lipinski definition) is 0. The Kier molecular flexibility index (Phi) is 3.05. The minimum Gasteiger partial charge on any atom is -0.311 e. The largest absolute Gasteiger partial charge is 0.375 e. The van der Waals surface area contributed by atoms with E-state index in [1.165, 1.54) is 11.3 Å². The minimum atomic E-state index is -0.448. The van der Waals surface area contributed by atoms with Gasteiger partial charge in [0.25, 0.3) is 0 Å². The number of fused-ring (bicyclic) bond motifs is 2. The molecule has 0 amide bonds. The van der Waals surface area contributed by atoms with Crippen LogP contribution in [0.4, 0.5) is 0 Å². The van der Waals surface area contributed by atoms with Crippen LogP contribution in [-0.4, -0.2) is 11.7 Å². The van der Waals surface area contributed by atoms with E-state index in [1.807, 2.05) is 47.9 Å². The standard InChI is InChI=1S/C17H10N2O2S/c20-17(15-9-4-10-22-15)21-19-14-8-3-7-13-16(14)11-5-1-2-6-12(11)18-13/h1-10H. The van der Waals surface area contributed by atoms with E-state index in [4.69, 9.17) is 4.84 Å². The van der Waals surface area contributed by atoms with E-state index in [0.29, 0.717) is 10.6 Å². The van der Waals surface area contributed by atoms with Crippen LogP contribution in [0.2, 0.25) is 0 Å². The summed E-state index contributed by atoms with van der Waals surface area (Å²) in [6, 6.07) is 11.4. The summed E-state index contributed by atoms with van der Waals surface area (Å²) < 4.78 is 0. The number of hydrogen-bond acceptors (Lipinski definition) is 5. The molecule has 1 aromatic carbocycles. The molecule has 0 N–H and O–H groups in total. The molecule has 0 saturated carbocycles. The molecule has 0 bridgehead atoms. The first-order valence-corrected chi connectivity index (χ1v) is 7.61. The summed E-state index contributed by atoms with van der Waals surface area (Å²) in [5.41, 5.74) is 2.35. The second kappa shape index (κ2) is 5.20. The van der Waals surface area contributed by atoms with Gasteiger partial charge in [0.05, 0.1) is 11.1 Å². The van der Waals surface area contributed by atoms with Gasteiger partial charge in [-0.25, -0.2) is 9.79 Å². The fourth-order valence-electron chi connectivity index (χ4n) is 2.42. The van der Waals surface area contributed by atoms with Crippen LogP contribution in [0.25, 0.3) is 5.57 Å². The Hall–Kier alpha value is -2.79. The highest BCUT2D eigenvalue weighted by Crippen LogP contribution is 2.21. The Labute approximate surface area is 130 Å². The van der Waals surface area contributed by atoms with Crippen molar-refractivity contribution in [2.24, 2.45) is 10.1 Å². The van der Waals surface area contributed by atoms with Crippen molar-refractivity contribution in [3.05, 3.63) is 81.2 Å². The molecule has 1 aliphatic carbocycles. The first-order valence-electron chi connectivity index (χ1n) is 6.73. The molecule has 1 aliphatic heterocycles. The third kappa shape index (κ3) is 2.12. The molecular weight excluding hydrogens is 296 g/mol. The summed E-state index contributed by atoms with van der Waals surface area (Å²) in [6.07, 6.45) is 5.60. The maximum atomic E-state index is 11.9. The quantitative estimate of drug-likeness (QED) is 0.631. The van der Waals surface area contributed by atoms with Crippen LogP contribution in [0.1, 0.15) is 9.67 Å². The zero-order valence-electron chi connectivity index (χ0n) is 11.4. The van der Waals surface area contributed by atoms with Gasteiger partial charge < -0.3 is 4.84 Å². The van der Waals surface area contributed by atoms with E-state index in [-0.39, 0.29) is 0 Å². The summed E-state index contributed by atoms with van der Waals surface area (Å²) in [4.78, 5) is 22.0. The second-order valence-electron chi connectivity index (χ2n) is 4.75. The molecule has 0 fully saturated rings. The van der Waals surface area contributed by atoms with Gasteiger partial charge in [0.15, 0.2) is 0 Å². The molecule has 0 atom stereocenters. The van der Waals surface area contributed by atoms with E-state index in [9.17, 15) is 4.79 Å². The van der Waals surface area contributed by atoms with Crippen LogP contribution in [0.5, 0.6) is 0 Å². The van der Waals surface area contributed by atoms with Crippen LogP contribution in [0.15, 0.2) is 75.9 Å². The van der Waals surface area contributed by atoms with E-state index < -0.39 is 5.97 Å². The van der Waals surface area contributed by atoms with Gasteiger partial charge in [-0.15, -0.1) is 11.3 Å². The number of para-hydroxylation sites is 1. The number of oxime groups is 1. The molecule has 106 valence electrons. The lowest BCUT2D eigenvalue weighted by atomic mass is 10.0. The van der Waals surface area contributed by atoms with Gasteiger partial charge in [0.1, 0.15) is 10.6 Å². The maximum absolute atomic E-state index is 11.9. The molecular formula is C17H10N2O2S. The van der Waals surface area contributed by atoms with Crippen molar-refractivity contribution in [3.63, 3.8) is 0 Å². The normalized spacial score (nSPS) is 16.8. The SMILES string of the molecule is O=C(ON=C1C=CC=C2N=c3ccccc3=C21)c1cccs1. The predicted molar refractivity (Wildman–Crippen MR) is 85.0 cm³/mol. The van der Waals surface area contributed by atoms with Gasteiger partial charge in [-0.3, -0.25) is 0 Å². The average molecular weight is 306 g/mol. The maximum Gasteiger partial charge on any atom is 0.375 e. The predicted octanol–water partition coefficient (Wildman–Crippen LogP) is 2.20. The molecule has 1 aromatic heterocycles. The lowest BCUT2D eigenvalue weighted by Gasteiger charge is -2.07. The number of allylic oxidation sites excluding steroid dienone is 4. The average Bonchev–Trinajstić information content (AvgIpc) is 3.19. The highest BCUT2D eigenvalue weighted by Gasteiger charge is 2.20. The molecule has 4 nitrogen and oxygen atoms in total. The highest BCUT2D eigenvalue weighted by atomic mass is 32.1. The molecule has 0 radical (unpaired) electrons. The van der Waals surface area contributed by atoms with Gasteiger partial charge in [0, 0.05) is 10.8 Å². The summed E-state index contributed by atoms with van der Waals surface area (Å²) in [7, 11) is 0. The number of rotatable bonds is 2. The third-order valence-corrected chi connectivity index (χ3v) is 4.23. The molecule has 2 aromatic rings. The van der Waals surface area contributed by atoms with Crippen LogP contribution >= 0.6 is 11.3 Å². The number of nitrogens with zero attached hydrogens (tertiary/aromatic N) is 2. The Bertz CT molecular complexity index is 966. The van der Waals surface area contributed by atoms with Crippen molar-refractivity contribution in [2.45, 2.75) is 0 Å². The van der Waals surface area contributed by atoms with Gasteiger partial charge >= 0.3 is 5.97 Å². The van der Waals surface area contributed by atoms with Crippen LogP contribution in [0, 0.1) is 0 Å². The van der Waals surface area contributed by atoms with Gasteiger partial charge in [-0.05, 0) is 29.7 Å². The zero-order valence-corrected chi connectivity index (χ0v) is 12.2. The topological polar surface area (TPSA) is 51.0 Å². The third-order valence-electron chi connectivity index (χ3n) is 3.38. The van der Waals surface area contributed by atoms with Crippen LogP contribution in [0.3, 0.4) is 0 Å². The summed E-state index contributed by atoms with van der Waals surface area (Å²) in [6.45, 7) is 0. The molecule has 0 spiro atoms. The molecule has 22 heavy (non-hydrogen) atoms. The number of benzene rings is 1. The molecule has 2 aliphatic rings. The monoisotopic (exact) mass is 306 g/mol. The summed E-state index contributed by atoms with van der Waals surface area (Å²) in [5, 5.41) is 7.77. The van der Waals surface area contributed by atoms with Crippen LogP contribution in [-0.2, 0) is 4.84 Å². The van der Waals surface area contributed by atoms with Crippen molar-refractivity contribution in [1.82, 2.24) is 0 Å². The van der Waals surface area contributed by atoms with Gasteiger partial charge in [-0.1, -0.05) is 35.5 Å². The molecule has 0 saturated heterocycles. The molecule has 2 heterocycles. The lowest BCUT2D eigenvalue weighted by molar-refractivity contribution is 0.0523. The number of carbonyl (C=O) groups is 1. The first-order chi connectivity index (χ1) is 10.8. The van der Waals surface area contributed by atoms with Crippen LogP contribution < -0.4 is 10.6 Å².